The third-order valence-electron chi connectivity index (χ3n) is 5.01. The number of hydrogen-bond acceptors (Lipinski definition) is 6. The molecule has 0 radical (unpaired) electrons. The van der Waals surface area contributed by atoms with Gasteiger partial charge in [0.25, 0.3) is 15.9 Å². The Labute approximate surface area is 184 Å². The van der Waals surface area contributed by atoms with Gasteiger partial charge in [0.1, 0.15) is 9.96 Å². The quantitative estimate of drug-likeness (QED) is 0.573. The predicted molar refractivity (Wildman–Crippen MR) is 116 cm³/mol. The molecule has 1 saturated heterocycles. The zero-order valence-electron chi connectivity index (χ0n) is 16.5. The monoisotopic (exact) mass is 460 g/mol. The summed E-state index contributed by atoms with van der Waals surface area (Å²) in [5.41, 5.74) is 0.771. The van der Waals surface area contributed by atoms with Gasteiger partial charge < -0.3 is 4.74 Å². The van der Waals surface area contributed by atoms with E-state index in [1.165, 1.54) is 12.1 Å². The number of ether oxygens (including phenoxy) is 1. The minimum atomic E-state index is -3.87. The number of likely N-dealkylation sites (tertiary alicyclic amines) is 1. The maximum atomic E-state index is 14.2. The van der Waals surface area contributed by atoms with Crippen LogP contribution in [-0.4, -0.2) is 31.8 Å². The molecule has 2 aromatic carbocycles. The third-order valence-corrected chi connectivity index (χ3v) is 7.76. The average molecular weight is 461 g/mol. The van der Waals surface area contributed by atoms with E-state index in [1.54, 1.807) is 47.8 Å². The Hall–Kier alpha value is -2.75. The maximum Gasteiger partial charge on any atom is 0.273 e. The molecule has 0 aliphatic carbocycles. The predicted octanol–water partition coefficient (Wildman–Crippen LogP) is 4.15. The molecule has 1 aliphatic heterocycles. The summed E-state index contributed by atoms with van der Waals surface area (Å²) in [6.45, 7) is 1.02. The van der Waals surface area contributed by atoms with Gasteiger partial charge in [-0.2, -0.15) is 0 Å². The van der Waals surface area contributed by atoms with Crippen LogP contribution in [0, 0.1) is 5.82 Å². The van der Waals surface area contributed by atoms with Crippen LogP contribution in [0.25, 0.3) is 0 Å². The SMILES string of the molecule is O=C(NS(=O)(=O)c1cccs1)[C@H]1CCCN1Cc1ccc(F)c(Oc2ccccc2)c1. The number of hydrogen-bond donors (Lipinski definition) is 1. The number of halogens is 1. The molecule has 2 heterocycles. The largest absolute Gasteiger partial charge is 0.454 e. The molecule has 31 heavy (non-hydrogen) atoms. The number of thiophene rings is 1. The second-order valence-electron chi connectivity index (χ2n) is 7.21. The summed E-state index contributed by atoms with van der Waals surface area (Å²) in [5.74, 6) is -0.404. The summed E-state index contributed by atoms with van der Waals surface area (Å²) in [6.07, 6.45) is 1.33. The Bertz CT molecular complexity index is 1150. The lowest BCUT2D eigenvalue weighted by molar-refractivity contribution is -0.123. The first-order valence-corrected chi connectivity index (χ1v) is 12.1. The summed E-state index contributed by atoms with van der Waals surface area (Å²) < 4.78 is 46.9. The van der Waals surface area contributed by atoms with Crippen LogP contribution in [0.15, 0.2) is 70.3 Å². The van der Waals surface area contributed by atoms with Crippen molar-refractivity contribution < 1.29 is 22.3 Å². The van der Waals surface area contributed by atoms with Crippen LogP contribution in [0.2, 0.25) is 0 Å². The number of benzene rings is 2. The van der Waals surface area contributed by atoms with Crippen molar-refractivity contribution in [3.8, 4) is 11.5 Å². The third kappa shape index (κ3) is 5.12. The highest BCUT2D eigenvalue weighted by Gasteiger charge is 2.33. The van der Waals surface area contributed by atoms with Crippen LogP contribution in [-0.2, 0) is 21.4 Å². The van der Waals surface area contributed by atoms with Gasteiger partial charge in [0.05, 0.1) is 6.04 Å². The molecule has 1 N–H and O–H groups in total. The van der Waals surface area contributed by atoms with Crippen molar-refractivity contribution in [3.63, 3.8) is 0 Å². The fourth-order valence-electron chi connectivity index (χ4n) is 3.55. The van der Waals surface area contributed by atoms with Crippen LogP contribution in [0.3, 0.4) is 0 Å². The number of carbonyl (C=O) groups excluding carboxylic acids is 1. The lowest BCUT2D eigenvalue weighted by Crippen LogP contribution is -2.44. The number of carbonyl (C=O) groups is 1. The van der Waals surface area contributed by atoms with E-state index in [1.807, 2.05) is 11.0 Å². The molecule has 6 nitrogen and oxygen atoms in total. The van der Waals surface area contributed by atoms with Gasteiger partial charge in [0, 0.05) is 6.54 Å². The normalized spacial score (nSPS) is 16.9. The topological polar surface area (TPSA) is 75.7 Å². The Balaban J connectivity index is 1.46. The lowest BCUT2D eigenvalue weighted by atomic mass is 10.1. The van der Waals surface area contributed by atoms with E-state index in [4.69, 9.17) is 4.74 Å². The molecule has 9 heteroatoms. The van der Waals surface area contributed by atoms with Crippen LogP contribution >= 0.6 is 11.3 Å². The number of rotatable bonds is 7. The van der Waals surface area contributed by atoms with Crippen molar-refractivity contribution in [1.29, 1.82) is 0 Å². The zero-order valence-corrected chi connectivity index (χ0v) is 18.2. The Kier molecular flexibility index (Phi) is 6.35. The molecule has 0 saturated carbocycles. The van der Waals surface area contributed by atoms with E-state index in [0.29, 0.717) is 25.3 Å². The van der Waals surface area contributed by atoms with Crippen molar-refractivity contribution in [2.45, 2.75) is 29.6 Å². The van der Waals surface area contributed by atoms with Crippen molar-refractivity contribution >= 4 is 27.3 Å². The minimum Gasteiger partial charge on any atom is -0.454 e. The first kappa shape index (κ1) is 21.5. The van der Waals surface area contributed by atoms with Gasteiger partial charge in [-0.25, -0.2) is 17.5 Å². The first-order chi connectivity index (χ1) is 14.9. The van der Waals surface area contributed by atoms with Crippen molar-refractivity contribution in [3.05, 3.63) is 77.4 Å². The summed E-state index contributed by atoms with van der Waals surface area (Å²) in [5, 5.41) is 1.64. The van der Waals surface area contributed by atoms with Crippen LogP contribution in [0.4, 0.5) is 4.39 Å². The number of amides is 1. The molecule has 0 spiro atoms. The second-order valence-corrected chi connectivity index (χ2v) is 10.1. The van der Waals surface area contributed by atoms with Gasteiger partial charge in [-0.1, -0.05) is 30.3 Å². The van der Waals surface area contributed by atoms with Crippen molar-refractivity contribution in [2.24, 2.45) is 0 Å². The molecule has 4 rings (SSSR count). The van der Waals surface area contributed by atoms with Gasteiger partial charge in [0.2, 0.25) is 0 Å². The van der Waals surface area contributed by atoms with Crippen LogP contribution in [0.5, 0.6) is 11.5 Å². The molecule has 1 atom stereocenters. The number of nitrogens with zero attached hydrogens (tertiary/aromatic N) is 1. The second kappa shape index (κ2) is 9.17. The molecular weight excluding hydrogens is 439 g/mol. The van der Waals surface area contributed by atoms with Gasteiger partial charge in [-0.15, -0.1) is 11.3 Å². The van der Waals surface area contributed by atoms with Gasteiger partial charge in [-0.3, -0.25) is 9.69 Å². The maximum absolute atomic E-state index is 14.2. The van der Waals surface area contributed by atoms with Crippen molar-refractivity contribution in [2.75, 3.05) is 6.54 Å². The highest BCUT2D eigenvalue weighted by Crippen LogP contribution is 2.28. The fraction of sp³-hybridized carbons (Fsp3) is 0.227. The van der Waals surface area contributed by atoms with Crippen LogP contribution < -0.4 is 9.46 Å². The molecule has 1 aliphatic rings. The van der Waals surface area contributed by atoms with Gasteiger partial charge in [-0.05, 0) is 60.7 Å². The molecule has 1 fully saturated rings. The molecule has 3 aromatic rings. The molecule has 162 valence electrons. The molecule has 0 bridgehead atoms. The zero-order chi connectivity index (χ0) is 21.8. The van der Waals surface area contributed by atoms with E-state index in [0.717, 1.165) is 23.3 Å². The van der Waals surface area contributed by atoms with E-state index in [-0.39, 0.29) is 9.96 Å². The van der Waals surface area contributed by atoms with E-state index in [2.05, 4.69) is 4.72 Å². The number of sulfonamides is 1. The number of nitrogens with one attached hydrogen (secondary N) is 1. The Morgan fingerprint density at radius 2 is 1.97 bits per heavy atom. The average Bonchev–Trinajstić information content (AvgIpc) is 3.44. The Morgan fingerprint density at radius 1 is 1.16 bits per heavy atom. The van der Waals surface area contributed by atoms with Crippen LogP contribution in [0.1, 0.15) is 18.4 Å². The molecule has 0 unspecified atom stereocenters. The highest BCUT2D eigenvalue weighted by molar-refractivity contribution is 7.92. The fourth-order valence-corrected chi connectivity index (χ4v) is 5.56. The number of para-hydroxylation sites is 1. The van der Waals surface area contributed by atoms with Gasteiger partial charge >= 0.3 is 0 Å². The molecule has 1 aromatic heterocycles. The Morgan fingerprint density at radius 3 is 2.71 bits per heavy atom. The summed E-state index contributed by atoms with van der Waals surface area (Å²) in [6, 6.07) is 16.0. The van der Waals surface area contributed by atoms with E-state index < -0.39 is 27.8 Å². The molecular formula is C22H21FN2O4S2. The summed E-state index contributed by atoms with van der Waals surface area (Å²) >= 11 is 1.06. The van der Waals surface area contributed by atoms with E-state index >= 15 is 0 Å². The molecule has 1 amide bonds. The summed E-state index contributed by atoms with van der Waals surface area (Å²) in [4.78, 5) is 14.6. The van der Waals surface area contributed by atoms with Gasteiger partial charge in [0.15, 0.2) is 11.6 Å². The standard InChI is InChI=1S/C22H21FN2O4S2/c23-18-11-10-16(14-20(18)29-17-6-2-1-3-7-17)15-25-12-4-8-19(25)22(26)24-31(27,28)21-9-5-13-30-21/h1-3,5-7,9-11,13-14,19H,4,8,12,15H2,(H,24,26)/t19-/m1/s1. The lowest BCUT2D eigenvalue weighted by Gasteiger charge is -2.23. The van der Waals surface area contributed by atoms with E-state index in [9.17, 15) is 17.6 Å². The highest BCUT2D eigenvalue weighted by atomic mass is 32.2. The summed E-state index contributed by atoms with van der Waals surface area (Å²) in [7, 11) is -3.87. The minimum absolute atomic E-state index is 0.101. The first-order valence-electron chi connectivity index (χ1n) is 9.78. The smallest absolute Gasteiger partial charge is 0.273 e. The van der Waals surface area contributed by atoms with Crippen molar-refractivity contribution in [1.82, 2.24) is 9.62 Å².